The summed E-state index contributed by atoms with van der Waals surface area (Å²) in [6.45, 7) is 0. The predicted molar refractivity (Wildman–Crippen MR) is 128 cm³/mol. The molecule has 146 valence electrons. The molecule has 0 spiro atoms. The van der Waals surface area contributed by atoms with Crippen LogP contribution in [0, 0.1) is 0 Å². The lowest BCUT2D eigenvalue weighted by atomic mass is 9.97. The molecule has 0 bridgehead atoms. The molecule has 4 aromatic carbocycles. The maximum absolute atomic E-state index is 12.6. The highest BCUT2D eigenvalue weighted by atomic mass is 79.9. The van der Waals surface area contributed by atoms with Gasteiger partial charge in [0.15, 0.2) is 5.76 Å². The number of benzene rings is 4. The number of halogens is 2. The van der Waals surface area contributed by atoms with Crippen LogP contribution in [0.3, 0.4) is 0 Å². The van der Waals surface area contributed by atoms with Gasteiger partial charge in [-0.1, -0.05) is 64.5 Å². The van der Waals surface area contributed by atoms with Gasteiger partial charge in [0, 0.05) is 15.4 Å². The first-order valence-corrected chi connectivity index (χ1v) is 10.8. The second-order valence-electron chi connectivity index (χ2n) is 6.85. The highest BCUT2D eigenvalue weighted by Crippen LogP contribution is 2.31. The highest BCUT2D eigenvalue weighted by Gasteiger charge is 2.14. The number of rotatable bonds is 3. The average molecular weight is 522 g/mol. The summed E-state index contributed by atoms with van der Waals surface area (Å²) < 4.78 is 7.38. The lowest BCUT2D eigenvalue weighted by Crippen LogP contribution is -2.16. The maximum atomic E-state index is 12.6. The second kappa shape index (κ2) is 7.70. The van der Waals surface area contributed by atoms with Crippen LogP contribution in [0.2, 0.25) is 0 Å². The second-order valence-corrected chi connectivity index (χ2v) is 8.62. The third-order valence-electron chi connectivity index (χ3n) is 4.93. The Bertz CT molecular complexity index is 1420. The molecule has 1 heterocycles. The van der Waals surface area contributed by atoms with Gasteiger partial charge in [0.25, 0.3) is 0 Å². The van der Waals surface area contributed by atoms with Crippen LogP contribution in [0.25, 0.3) is 32.5 Å². The third-order valence-corrected chi connectivity index (χ3v) is 5.98. The minimum Gasteiger partial charge on any atom is -0.450 e. The molecule has 0 aliphatic heterocycles. The van der Waals surface area contributed by atoms with Gasteiger partial charge < -0.3 is 4.42 Å². The van der Waals surface area contributed by atoms with Gasteiger partial charge in [0.05, 0.1) is 10.7 Å². The van der Waals surface area contributed by atoms with E-state index in [1.807, 2.05) is 36.4 Å². The van der Waals surface area contributed by atoms with Crippen LogP contribution in [0.1, 0.15) is 16.1 Å². The van der Waals surface area contributed by atoms with Crippen molar-refractivity contribution in [2.24, 2.45) is 5.10 Å². The molecule has 5 rings (SSSR count). The molecule has 4 nitrogen and oxygen atoms in total. The Morgan fingerprint density at radius 2 is 1.53 bits per heavy atom. The molecule has 1 amide bonds. The predicted octanol–water partition coefficient (Wildman–Crippen LogP) is 7.03. The van der Waals surface area contributed by atoms with Crippen LogP contribution in [0.5, 0.6) is 0 Å². The summed E-state index contributed by atoms with van der Waals surface area (Å²) >= 11 is 6.90. The van der Waals surface area contributed by atoms with Gasteiger partial charge in [-0.3, -0.25) is 4.79 Å². The maximum Gasteiger partial charge on any atom is 0.307 e. The number of fused-ring (bicyclic) bond motifs is 3. The summed E-state index contributed by atoms with van der Waals surface area (Å²) in [5.74, 6) is -0.209. The summed E-state index contributed by atoms with van der Waals surface area (Å²) in [7, 11) is 0. The van der Waals surface area contributed by atoms with E-state index in [4.69, 9.17) is 4.42 Å². The van der Waals surface area contributed by atoms with E-state index in [1.54, 1.807) is 12.3 Å². The minimum absolute atomic E-state index is 0.198. The largest absolute Gasteiger partial charge is 0.450 e. The van der Waals surface area contributed by atoms with Crippen molar-refractivity contribution in [1.29, 1.82) is 0 Å². The lowest BCUT2D eigenvalue weighted by molar-refractivity contribution is 0.0929. The van der Waals surface area contributed by atoms with Crippen LogP contribution in [0.4, 0.5) is 0 Å². The molecule has 6 heteroatoms. The Morgan fingerprint density at radius 3 is 2.23 bits per heavy atom. The molecule has 0 saturated heterocycles. The Morgan fingerprint density at radius 1 is 0.867 bits per heavy atom. The highest BCUT2D eigenvalue weighted by molar-refractivity contribution is 9.11. The fourth-order valence-electron chi connectivity index (χ4n) is 3.59. The third kappa shape index (κ3) is 3.42. The topological polar surface area (TPSA) is 54.6 Å². The molecule has 1 aromatic heterocycles. The number of hydrazone groups is 1. The zero-order chi connectivity index (χ0) is 20.7. The molecule has 5 aromatic rings. The number of nitrogens with one attached hydrogen (secondary N) is 1. The molecule has 0 atom stereocenters. The zero-order valence-corrected chi connectivity index (χ0v) is 18.7. The number of nitrogens with zero attached hydrogens (tertiary/aromatic N) is 1. The monoisotopic (exact) mass is 520 g/mol. The van der Waals surface area contributed by atoms with Gasteiger partial charge >= 0.3 is 5.91 Å². The van der Waals surface area contributed by atoms with Crippen molar-refractivity contribution in [3.8, 4) is 0 Å². The number of amides is 1. The normalized spacial score (nSPS) is 11.7. The van der Waals surface area contributed by atoms with Gasteiger partial charge in [-0.25, -0.2) is 5.43 Å². The van der Waals surface area contributed by atoms with Crippen molar-refractivity contribution >= 4 is 76.5 Å². The van der Waals surface area contributed by atoms with Gasteiger partial charge in [-0.15, -0.1) is 0 Å². The van der Waals surface area contributed by atoms with Crippen molar-refractivity contribution in [3.63, 3.8) is 0 Å². The number of hydrogen-bond acceptors (Lipinski definition) is 3. The van der Waals surface area contributed by atoms with E-state index in [-0.39, 0.29) is 5.76 Å². The van der Waals surface area contributed by atoms with Crippen LogP contribution in [0.15, 0.2) is 91.3 Å². The summed E-state index contributed by atoms with van der Waals surface area (Å²) in [6.07, 6.45) is 1.69. The van der Waals surface area contributed by atoms with E-state index < -0.39 is 5.91 Å². The summed E-state index contributed by atoms with van der Waals surface area (Å²) in [4.78, 5) is 12.6. The molecule has 0 radical (unpaired) electrons. The quantitative estimate of drug-likeness (QED) is 0.157. The molecule has 0 fully saturated rings. The van der Waals surface area contributed by atoms with Gasteiger partial charge in [-0.2, -0.15) is 5.10 Å². The van der Waals surface area contributed by atoms with Gasteiger partial charge in [0.2, 0.25) is 0 Å². The van der Waals surface area contributed by atoms with Gasteiger partial charge in [0.1, 0.15) is 5.58 Å². The fraction of sp³-hybridized carbons (Fsp3) is 0. The summed E-state index contributed by atoms with van der Waals surface area (Å²) in [6, 6.07) is 23.9. The summed E-state index contributed by atoms with van der Waals surface area (Å²) in [5, 5.41) is 9.44. The zero-order valence-electron chi connectivity index (χ0n) is 15.5. The van der Waals surface area contributed by atoms with Crippen LogP contribution < -0.4 is 5.43 Å². The molecule has 0 aliphatic rings. The smallest absolute Gasteiger partial charge is 0.307 e. The number of carbonyl (C=O) groups is 1. The van der Waals surface area contributed by atoms with Crippen molar-refractivity contribution in [2.45, 2.75) is 0 Å². The molecule has 1 N–H and O–H groups in total. The van der Waals surface area contributed by atoms with Crippen molar-refractivity contribution in [1.82, 2.24) is 5.43 Å². The van der Waals surface area contributed by atoms with E-state index in [9.17, 15) is 4.79 Å². The van der Waals surface area contributed by atoms with Crippen molar-refractivity contribution < 1.29 is 9.21 Å². The van der Waals surface area contributed by atoms with Crippen molar-refractivity contribution in [2.75, 3.05) is 0 Å². The number of furan rings is 1. The van der Waals surface area contributed by atoms with E-state index >= 15 is 0 Å². The molecular formula is C24H14Br2N2O2. The summed E-state index contributed by atoms with van der Waals surface area (Å²) in [5.41, 5.74) is 4.16. The average Bonchev–Trinajstić information content (AvgIpc) is 3.17. The first kappa shape index (κ1) is 19.0. The molecular weight excluding hydrogens is 508 g/mol. The van der Waals surface area contributed by atoms with E-state index in [0.29, 0.717) is 5.58 Å². The van der Waals surface area contributed by atoms with Gasteiger partial charge in [-0.05, 0) is 61.7 Å². The number of hydrogen-bond donors (Lipinski definition) is 1. The lowest BCUT2D eigenvalue weighted by Gasteiger charge is -2.07. The molecule has 0 aliphatic carbocycles. The van der Waals surface area contributed by atoms with Crippen molar-refractivity contribution in [3.05, 3.63) is 93.1 Å². The van der Waals surface area contributed by atoms with Crippen LogP contribution in [-0.4, -0.2) is 12.1 Å². The molecule has 0 unspecified atom stereocenters. The molecule has 30 heavy (non-hydrogen) atoms. The van der Waals surface area contributed by atoms with E-state index in [0.717, 1.165) is 41.4 Å². The first-order chi connectivity index (χ1) is 14.6. The minimum atomic E-state index is -0.407. The Labute approximate surface area is 188 Å². The Balaban J connectivity index is 1.49. The van der Waals surface area contributed by atoms with E-state index in [2.05, 4.69) is 72.7 Å². The SMILES string of the molecule is O=C(N/N=C\c1c2ccccc2cc2ccccc12)c1cc2cc(Br)cc(Br)c2o1. The Kier molecular flexibility index (Phi) is 4.89. The molecule has 0 saturated carbocycles. The standard InChI is InChI=1S/C24H14Br2N2O2/c25-17-10-16-11-22(30-23(16)21(26)12-17)24(29)28-27-13-20-18-7-3-1-5-14(18)9-15-6-2-4-8-19(15)20/h1-13H,(H,28,29)/b27-13-. The Hall–Kier alpha value is -2.96. The first-order valence-electron chi connectivity index (χ1n) is 9.22. The van der Waals surface area contributed by atoms with Crippen LogP contribution >= 0.6 is 31.9 Å². The van der Waals surface area contributed by atoms with E-state index in [1.165, 1.54) is 0 Å². The number of carbonyl (C=O) groups excluding carboxylic acids is 1. The van der Waals surface area contributed by atoms with Crippen LogP contribution in [-0.2, 0) is 0 Å². The fourth-order valence-corrected chi connectivity index (χ4v) is 4.93.